The van der Waals surface area contributed by atoms with Crippen molar-refractivity contribution >= 4 is 33.1 Å². The van der Waals surface area contributed by atoms with Crippen LogP contribution in [-0.4, -0.2) is 51.2 Å². The molecule has 4 rings (SSSR count). The van der Waals surface area contributed by atoms with E-state index in [2.05, 4.69) is 46.7 Å². The van der Waals surface area contributed by atoms with Crippen LogP contribution in [0.4, 0.5) is 11.4 Å². The number of aryl methyl sites for hydroxylation is 2. The van der Waals surface area contributed by atoms with Crippen LogP contribution in [0.25, 0.3) is 0 Å². The van der Waals surface area contributed by atoms with Gasteiger partial charge in [0.1, 0.15) is 10.7 Å². The molecule has 2 heterocycles. The molecule has 0 spiro atoms. The number of sulfonamides is 1. The number of anilines is 2. The number of nitrogens with zero attached hydrogens (tertiary/aromatic N) is 3. The maximum absolute atomic E-state index is 12.7. The molecule has 1 N–H and O–H groups in total. The number of rotatable bonds is 3. The first-order valence-corrected chi connectivity index (χ1v) is 11.1. The molecule has 152 valence electrons. The van der Waals surface area contributed by atoms with Gasteiger partial charge in [0.05, 0.1) is 12.1 Å². The quantitative estimate of drug-likeness (QED) is 0.838. The van der Waals surface area contributed by atoms with Crippen LogP contribution in [0.15, 0.2) is 51.8 Å². The molecule has 0 saturated carbocycles. The second kappa shape index (κ2) is 7.51. The second-order valence-electron chi connectivity index (χ2n) is 7.47. The molecule has 2 aliphatic heterocycles. The van der Waals surface area contributed by atoms with Gasteiger partial charge in [0.25, 0.3) is 10.0 Å². The fourth-order valence-corrected chi connectivity index (χ4v) is 5.00. The smallest absolute Gasteiger partial charge is 0.286 e. The van der Waals surface area contributed by atoms with E-state index in [1.165, 1.54) is 22.9 Å². The van der Waals surface area contributed by atoms with Crippen molar-refractivity contribution < 1.29 is 13.2 Å². The van der Waals surface area contributed by atoms with E-state index in [9.17, 15) is 13.2 Å². The van der Waals surface area contributed by atoms with Crippen LogP contribution in [0.3, 0.4) is 0 Å². The number of piperazine rings is 1. The molecule has 0 aromatic heterocycles. The highest BCUT2D eigenvalue weighted by Gasteiger charge is 2.28. The van der Waals surface area contributed by atoms with Crippen molar-refractivity contribution in [3.8, 4) is 0 Å². The Morgan fingerprint density at radius 1 is 1.07 bits per heavy atom. The number of amidine groups is 1. The normalized spacial score (nSPS) is 17.9. The lowest BCUT2D eigenvalue weighted by molar-refractivity contribution is -0.130. The number of amides is 1. The lowest BCUT2D eigenvalue weighted by Crippen LogP contribution is -2.49. The minimum atomic E-state index is -3.77. The Balaban J connectivity index is 1.40. The van der Waals surface area contributed by atoms with Gasteiger partial charge in [-0.3, -0.25) is 4.79 Å². The average molecular weight is 413 g/mol. The van der Waals surface area contributed by atoms with E-state index < -0.39 is 10.0 Å². The number of hydrogen-bond acceptors (Lipinski definition) is 5. The lowest BCUT2D eigenvalue weighted by atomic mass is 10.1. The zero-order valence-electron chi connectivity index (χ0n) is 16.6. The van der Waals surface area contributed by atoms with Gasteiger partial charge in [-0.05, 0) is 37.6 Å². The highest BCUT2D eigenvalue weighted by molar-refractivity contribution is 7.90. The third kappa shape index (κ3) is 3.98. The Morgan fingerprint density at radius 2 is 1.79 bits per heavy atom. The van der Waals surface area contributed by atoms with Crippen molar-refractivity contribution in [2.24, 2.45) is 4.40 Å². The van der Waals surface area contributed by atoms with E-state index in [1.54, 1.807) is 23.1 Å². The Bertz CT molecular complexity index is 1090. The van der Waals surface area contributed by atoms with E-state index in [-0.39, 0.29) is 23.1 Å². The van der Waals surface area contributed by atoms with Crippen molar-refractivity contribution in [3.05, 3.63) is 53.6 Å². The number of carbonyl (C=O) groups is 1. The highest BCUT2D eigenvalue weighted by atomic mass is 32.2. The van der Waals surface area contributed by atoms with Gasteiger partial charge in [0, 0.05) is 31.9 Å². The Hall–Kier alpha value is -2.87. The summed E-state index contributed by atoms with van der Waals surface area (Å²) in [7, 11) is -3.77. The van der Waals surface area contributed by atoms with Crippen LogP contribution in [-0.2, 0) is 14.8 Å². The molecule has 2 aromatic carbocycles. The van der Waals surface area contributed by atoms with E-state index in [1.807, 2.05) is 0 Å². The summed E-state index contributed by atoms with van der Waals surface area (Å²) >= 11 is 0. The van der Waals surface area contributed by atoms with Gasteiger partial charge in [-0.1, -0.05) is 29.8 Å². The zero-order valence-corrected chi connectivity index (χ0v) is 17.4. The van der Waals surface area contributed by atoms with Crippen LogP contribution < -0.4 is 10.2 Å². The number of hydrogen-bond donors (Lipinski definition) is 1. The lowest BCUT2D eigenvalue weighted by Gasteiger charge is -2.37. The molecule has 0 unspecified atom stereocenters. The maximum Gasteiger partial charge on any atom is 0.286 e. The average Bonchev–Trinajstić information content (AvgIpc) is 2.68. The SMILES string of the molecule is Cc1ccc(N2CCN(C(=O)CC3=NS(=O)(=O)c4ccccc4N3)CC2)c(C)c1. The van der Waals surface area contributed by atoms with Gasteiger partial charge in [0.15, 0.2) is 0 Å². The first kappa shape index (κ1) is 19.4. The highest BCUT2D eigenvalue weighted by Crippen LogP contribution is 2.27. The summed E-state index contributed by atoms with van der Waals surface area (Å²) in [6, 6.07) is 13.0. The van der Waals surface area contributed by atoms with Crippen LogP contribution in [0, 0.1) is 13.8 Å². The zero-order chi connectivity index (χ0) is 20.6. The molecule has 8 heteroatoms. The second-order valence-corrected chi connectivity index (χ2v) is 9.04. The Labute approximate surface area is 171 Å². The number of para-hydroxylation sites is 1. The first-order chi connectivity index (χ1) is 13.8. The fraction of sp³-hybridized carbons (Fsp3) is 0.333. The van der Waals surface area contributed by atoms with E-state index in [4.69, 9.17) is 0 Å². The van der Waals surface area contributed by atoms with Gasteiger partial charge in [0.2, 0.25) is 5.91 Å². The largest absolute Gasteiger partial charge is 0.368 e. The maximum atomic E-state index is 12.7. The fourth-order valence-electron chi connectivity index (χ4n) is 3.86. The van der Waals surface area contributed by atoms with Crippen molar-refractivity contribution in [1.82, 2.24) is 4.90 Å². The third-order valence-corrected chi connectivity index (χ3v) is 6.69. The summed E-state index contributed by atoms with van der Waals surface area (Å²) in [5, 5.41) is 2.98. The topological polar surface area (TPSA) is 82.1 Å². The van der Waals surface area contributed by atoms with Crippen LogP contribution in [0.2, 0.25) is 0 Å². The molecule has 0 aliphatic carbocycles. The number of benzene rings is 2. The summed E-state index contributed by atoms with van der Waals surface area (Å²) in [5.74, 6) is 0.0524. The molecular formula is C21H24N4O3S. The molecule has 2 aromatic rings. The van der Waals surface area contributed by atoms with Crippen LogP contribution in [0.5, 0.6) is 0 Å². The number of fused-ring (bicyclic) bond motifs is 1. The summed E-state index contributed by atoms with van der Waals surface area (Å²) < 4.78 is 28.5. The Kier molecular flexibility index (Phi) is 5.04. The molecule has 1 saturated heterocycles. The predicted octanol–water partition coefficient (Wildman–Crippen LogP) is 2.56. The standard InChI is InChI=1S/C21H24N4O3S/c1-15-7-8-18(16(2)13-15)24-9-11-25(12-10-24)21(26)14-20-22-17-5-3-4-6-19(17)29(27,28)23-20/h3-8,13H,9-12,14H2,1-2H3,(H,22,23). The minimum absolute atomic E-state index is 0.0584. The van der Waals surface area contributed by atoms with Crippen LogP contribution >= 0.6 is 0 Å². The van der Waals surface area contributed by atoms with E-state index >= 15 is 0 Å². The molecule has 1 amide bonds. The monoisotopic (exact) mass is 412 g/mol. The number of carbonyl (C=O) groups excluding carboxylic acids is 1. The predicted molar refractivity (Wildman–Crippen MR) is 114 cm³/mol. The minimum Gasteiger partial charge on any atom is -0.368 e. The first-order valence-electron chi connectivity index (χ1n) is 9.63. The summed E-state index contributed by atoms with van der Waals surface area (Å²) in [6.07, 6.45) is -0.0584. The molecule has 29 heavy (non-hydrogen) atoms. The van der Waals surface area contributed by atoms with Crippen LogP contribution in [0.1, 0.15) is 17.5 Å². The molecular weight excluding hydrogens is 388 g/mol. The van der Waals surface area contributed by atoms with E-state index in [0.29, 0.717) is 18.8 Å². The molecule has 0 bridgehead atoms. The van der Waals surface area contributed by atoms with Gasteiger partial charge < -0.3 is 15.1 Å². The van der Waals surface area contributed by atoms with Crippen molar-refractivity contribution in [2.45, 2.75) is 25.2 Å². The number of nitrogens with one attached hydrogen (secondary N) is 1. The van der Waals surface area contributed by atoms with Crippen molar-refractivity contribution in [2.75, 3.05) is 36.4 Å². The van der Waals surface area contributed by atoms with Gasteiger partial charge in [-0.2, -0.15) is 8.42 Å². The van der Waals surface area contributed by atoms with Gasteiger partial charge in [-0.25, -0.2) is 0 Å². The molecule has 7 nitrogen and oxygen atoms in total. The van der Waals surface area contributed by atoms with Gasteiger partial charge >= 0.3 is 0 Å². The third-order valence-electron chi connectivity index (χ3n) is 5.32. The molecule has 1 fully saturated rings. The molecule has 2 aliphatic rings. The Morgan fingerprint density at radius 3 is 2.52 bits per heavy atom. The summed E-state index contributed by atoms with van der Waals surface area (Å²) in [4.78, 5) is 16.9. The van der Waals surface area contributed by atoms with E-state index in [0.717, 1.165) is 13.1 Å². The summed E-state index contributed by atoms with van der Waals surface area (Å²) in [6.45, 7) is 6.87. The molecule has 0 atom stereocenters. The summed E-state index contributed by atoms with van der Waals surface area (Å²) in [5.41, 5.74) is 4.13. The molecule has 0 radical (unpaired) electrons. The van der Waals surface area contributed by atoms with Crippen molar-refractivity contribution in [3.63, 3.8) is 0 Å². The van der Waals surface area contributed by atoms with Crippen molar-refractivity contribution in [1.29, 1.82) is 0 Å². The van der Waals surface area contributed by atoms with Gasteiger partial charge in [-0.15, -0.1) is 4.40 Å².